The van der Waals surface area contributed by atoms with Gasteiger partial charge in [-0.05, 0) is 18.6 Å². The van der Waals surface area contributed by atoms with Crippen LogP contribution in [0.1, 0.15) is 25.5 Å². The molecule has 7 nitrogen and oxygen atoms in total. The Morgan fingerprint density at radius 1 is 1.58 bits per heavy atom. The Morgan fingerprint density at radius 2 is 2.26 bits per heavy atom. The van der Waals surface area contributed by atoms with E-state index >= 15 is 0 Å². The first-order valence-corrected chi connectivity index (χ1v) is 7.00. The van der Waals surface area contributed by atoms with Crippen LogP contribution in [0, 0.1) is 11.3 Å². The summed E-state index contributed by atoms with van der Waals surface area (Å²) in [6.07, 6.45) is 1.75. The summed E-state index contributed by atoms with van der Waals surface area (Å²) < 4.78 is 25.9. The molecule has 0 unspecified atom stereocenters. The van der Waals surface area contributed by atoms with Crippen LogP contribution in [-0.4, -0.2) is 30.5 Å². The molecule has 0 aliphatic rings. The van der Waals surface area contributed by atoms with E-state index in [1.54, 1.807) is 13.0 Å². The molecule has 1 atom stereocenters. The van der Waals surface area contributed by atoms with Crippen LogP contribution in [0.2, 0.25) is 0 Å². The monoisotopic (exact) mass is 283 g/mol. The molecular weight excluding hydrogens is 270 g/mol. The lowest BCUT2D eigenvalue weighted by Gasteiger charge is -2.13. The maximum atomic E-state index is 11.9. The molecule has 0 saturated heterocycles. The van der Waals surface area contributed by atoms with Gasteiger partial charge in [0.25, 0.3) is 0 Å². The molecule has 102 valence electrons. The Labute approximate surface area is 110 Å². The molecular formula is C11H13N3O4S. The van der Waals surface area contributed by atoms with Gasteiger partial charge >= 0.3 is 5.97 Å². The Morgan fingerprint density at radius 3 is 2.68 bits per heavy atom. The molecule has 8 heteroatoms. The minimum atomic E-state index is -3.95. The van der Waals surface area contributed by atoms with Gasteiger partial charge in [-0.2, -0.15) is 9.98 Å². The summed E-state index contributed by atoms with van der Waals surface area (Å²) in [5, 5.41) is 17.5. The molecule has 0 saturated carbocycles. The Kier molecular flexibility index (Phi) is 4.97. The molecule has 1 aromatic heterocycles. The largest absolute Gasteiger partial charge is 0.480 e. The number of rotatable bonds is 6. The molecule has 1 aromatic rings. The predicted octanol–water partition coefficient (Wildman–Crippen LogP) is 0.485. The van der Waals surface area contributed by atoms with Crippen molar-refractivity contribution in [2.75, 3.05) is 0 Å². The van der Waals surface area contributed by atoms with E-state index in [1.165, 1.54) is 12.1 Å². The lowest BCUT2D eigenvalue weighted by Crippen LogP contribution is -2.40. The average Bonchev–Trinajstić information content (AvgIpc) is 2.38. The lowest BCUT2D eigenvalue weighted by atomic mass is 10.2. The van der Waals surface area contributed by atoms with Crippen LogP contribution in [0.4, 0.5) is 0 Å². The van der Waals surface area contributed by atoms with Gasteiger partial charge in [0.15, 0.2) is 0 Å². The molecule has 0 fully saturated rings. The van der Waals surface area contributed by atoms with E-state index in [0.29, 0.717) is 6.42 Å². The average molecular weight is 283 g/mol. The van der Waals surface area contributed by atoms with E-state index in [2.05, 4.69) is 9.71 Å². The first-order chi connectivity index (χ1) is 8.90. The second-order valence-corrected chi connectivity index (χ2v) is 5.51. The standard InChI is InChI=1S/C11H13N3O4S/c1-2-3-10(11(15)16)14-19(17,18)9-5-4-8(6-12)13-7-9/h4-5,7,10,14H,2-3H2,1H3,(H,15,16)/t10-/m0/s1. The summed E-state index contributed by atoms with van der Waals surface area (Å²) in [7, 11) is -3.95. The van der Waals surface area contributed by atoms with Crippen molar-refractivity contribution >= 4 is 16.0 Å². The maximum absolute atomic E-state index is 11.9. The van der Waals surface area contributed by atoms with Gasteiger partial charge in [-0.15, -0.1) is 0 Å². The van der Waals surface area contributed by atoms with Gasteiger partial charge in [0.1, 0.15) is 22.7 Å². The van der Waals surface area contributed by atoms with E-state index in [9.17, 15) is 13.2 Å². The zero-order valence-electron chi connectivity index (χ0n) is 10.2. The number of sulfonamides is 1. The molecule has 0 bridgehead atoms. The lowest BCUT2D eigenvalue weighted by molar-refractivity contribution is -0.139. The predicted molar refractivity (Wildman–Crippen MR) is 65.6 cm³/mol. The van der Waals surface area contributed by atoms with Crippen LogP contribution < -0.4 is 4.72 Å². The van der Waals surface area contributed by atoms with Crippen molar-refractivity contribution in [3.63, 3.8) is 0 Å². The molecule has 2 N–H and O–H groups in total. The van der Waals surface area contributed by atoms with E-state index < -0.39 is 22.0 Å². The van der Waals surface area contributed by atoms with Crippen molar-refractivity contribution in [3.8, 4) is 6.07 Å². The summed E-state index contributed by atoms with van der Waals surface area (Å²) in [4.78, 5) is 14.4. The molecule has 0 radical (unpaired) electrons. The normalized spacial score (nSPS) is 12.6. The SMILES string of the molecule is CCC[C@H](NS(=O)(=O)c1ccc(C#N)nc1)C(=O)O. The van der Waals surface area contributed by atoms with Gasteiger partial charge in [-0.1, -0.05) is 13.3 Å². The van der Waals surface area contributed by atoms with Crippen molar-refractivity contribution in [3.05, 3.63) is 24.0 Å². The van der Waals surface area contributed by atoms with Crippen LogP contribution in [0.3, 0.4) is 0 Å². The zero-order valence-corrected chi connectivity index (χ0v) is 11.0. The fourth-order valence-electron chi connectivity index (χ4n) is 1.38. The minimum absolute atomic E-state index is 0.0855. The van der Waals surface area contributed by atoms with Gasteiger partial charge in [0.05, 0.1) is 0 Å². The number of nitrogens with one attached hydrogen (secondary N) is 1. The number of hydrogen-bond acceptors (Lipinski definition) is 5. The first-order valence-electron chi connectivity index (χ1n) is 5.52. The van der Waals surface area contributed by atoms with Crippen LogP contribution in [-0.2, 0) is 14.8 Å². The summed E-state index contributed by atoms with van der Waals surface area (Å²) >= 11 is 0. The molecule has 0 aliphatic heterocycles. The summed E-state index contributed by atoms with van der Waals surface area (Å²) in [6.45, 7) is 1.76. The zero-order chi connectivity index (χ0) is 14.5. The molecule has 0 spiro atoms. The van der Waals surface area contributed by atoms with E-state index in [1.807, 2.05) is 0 Å². The third kappa shape index (κ3) is 4.01. The number of hydrogen-bond donors (Lipinski definition) is 2. The second-order valence-electron chi connectivity index (χ2n) is 3.79. The highest BCUT2D eigenvalue weighted by Crippen LogP contribution is 2.10. The number of nitrogens with zero attached hydrogens (tertiary/aromatic N) is 2. The van der Waals surface area contributed by atoms with Gasteiger partial charge in [-0.3, -0.25) is 4.79 Å². The Bertz CT molecular complexity index is 589. The van der Waals surface area contributed by atoms with Crippen LogP contribution in [0.15, 0.2) is 23.2 Å². The van der Waals surface area contributed by atoms with Gasteiger partial charge < -0.3 is 5.11 Å². The summed E-state index contributed by atoms with van der Waals surface area (Å²) in [6, 6.07) is 3.05. The van der Waals surface area contributed by atoms with Crippen LogP contribution >= 0.6 is 0 Å². The van der Waals surface area contributed by atoms with E-state index in [0.717, 1.165) is 6.20 Å². The van der Waals surface area contributed by atoms with Gasteiger partial charge in [-0.25, -0.2) is 13.4 Å². The molecule has 0 aromatic carbocycles. The number of aliphatic carboxylic acids is 1. The highest BCUT2D eigenvalue weighted by molar-refractivity contribution is 7.89. The fraction of sp³-hybridized carbons (Fsp3) is 0.364. The second kappa shape index (κ2) is 6.26. The molecule has 1 rings (SSSR count). The summed E-state index contributed by atoms with van der Waals surface area (Å²) in [5.74, 6) is -1.23. The van der Waals surface area contributed by atoms with E-state index in [4.69, 9.17) is 10.4 Å². The van der Waals surface area contributed by atoms with Gasteiger partial charge in [0, 0.05) is 6.20 Å². The number of nitriles is 1. The fourth-order valence-corrected chi connectivity index (χ4v) is 2.55. The highest BCUT2D eigenvalue weighted by Gasteiger charge is 2.24. The smallest absolute Gasteiger partial charge is 0.321 e. The number of carboxylic acids is 1. The number of aromatic nitrogens is 1. The van der Waals surface area contributed by atoms with Gasteiger partial charge in [0.2, 0.25) is 10.0 Å². The topological polar surface area (TPSA) is 120 Å². The number of carbonyl (C=O) groups is 1. The molecule has 19 heavy (non-hydrogen) atoms. The van der Waals surface area contributed by atoms with Crippen molar-refractivity contribution in [2.45, 2.75) is 30.7 Å². The quantitative estimate of drug-likeness (QED) is 0.783. The first kappa shape index (κ1) is 15.1. The Balaban J connectivity index is 2.96. The third-order valence-electron chi connectivity index (χ3n) is 2.33. The van der Waals surface area contributed by atoms with Crippen LogP contribution in [0.25, 0.3) is 0 Å². The minimum Gasteiger partial charge on any atom is -0.480 e. The van der Waals surface area contributed by atoms with Crippen molar-refractivity contribution < 1.29 is 18.3 Å². The third-order valence-corrected chi connectivity index (χ3v) is 3.79. The van der Waals surface area contributed by atoms with Crippen molar-refractivity contribution in [2.24, 2.45) is 0 Å². The number of carboxylic acid groups (broad SMARTS) is 1. The Hall–Kier alpha value is -1.98. The molecule has 1 heterocycles. The number of pyridine rings is 1. The maximum Gasteiger partial charge on any atom is 0.321 e. The van der Waals surface area contributed by atoms with E-state index in [-0.39, 0.29) is 17.0 Å². The molecule has 0 amide bonds. The van der Waals surface area contributed by atoms with Crippen molar-refractivity contribution in [1.29, 1.82) is 5.26 Å². The highest BCUT2D eigenvalue weighted by atomic mass is 32.2. The molecule has 0 aliphatic carbocycles. The summed E-state index contributed by atoms with van der Waals surface area (Å²) in [5.41, 5.74) is 0.0855. The van der Waals surface area contributed by atoms with Crippen LogP contribution in [0.5, 0.6) is 0 Å². The van der Waals surface area contributed by atoms with Crippen molar-refractivity contribution in [1.82, 2.24) is 9.71 Å².